The molecule has 0 aliphatic heterocycles. The number of ether oxygens (including phenoxy) is 1. The van der Waals surface area contributed by atoms with Gasteiger partial charge in [-0.15, -0.1) is 0 Å². The van der Waals surface area contributed by atoms with Crippen LogP contribution in [0.2, 0.25) is 0 Å². The number of aromatic carboxylic acids is 1. The van der Waals surface area contributed by atoms with Crippen LogP contribution < -0.4 is 10.1 Å². The Hall–Kier alpha value is -1.59. The largest absolute Gasteiger partial charge is 0.492 e. The molecule has 5 nitrogen and oxygen atoms in total. The Morgan fingerprint density at radius 3 is 2.74 bits per heavy atom. The van der Waals surface area contributed by atoms with Gasteiger partial charge in [0.05, 0.1) is 12.2 Å². The van der Waals surface area contributed by atoms with Gasteiger partial charge in [-0.05, 0) is 24.1 Å². The molecule has 0 saturated carbocycles. The second-order valence-electron chi connectivity index (χ2n) is 4.67. The summed E-state index contributed by atoms with van der Waals surface area (Å²) in [7, 11) is 0. The number of nitrogens with one attached hydrogen (secondary N) is 1. The molecule has 19 heavy (non-hydrogen) atoms. The van der Waals surface area contributed by atoms with Crippen molar-refractivity contribution in [2.24, 2.45) is 5.92 Å². The van der Waals surface area contributed by atoms with E-state index in [1.807, 2.05) is 13.8 Å². The van der Waals surface area contributed by atoms with E-state index in [4.69, 9.17) is 14.9 Å². The molecule has 0 spiro atoms. The molecule has 0 saturated heterocycles. The summed E-state index contributed by atoms with van der Waals surface area (Å²) in [5.74, 6) is -0.0872. The van der Waals surface area contributed by atoms with Crippen LogP contribution in [0.25, 0.3) is 0 Å². The van der Waals surface area contributed by atoms with Crippen molar-refractivity contribution in [2.45, 2.75) is 19.9 Å². The van der Waals surface area contributed by atoms with Crippen LogP contribution in [0.3, 0.4) is 0 Å². The van der Waals surface area contributed by atoms with Crippen molar-refractivity contribution in [3.8, 4) is 5.75 Å². The molecule has 0 heterocycles. The average Bonchev–Trinajstić information content (AvgIpc) is 2.38. The number of carbonyl (C=O) groups is 1. The molecule has 106 valence electrons. The molecular formula is C14H21NO4. The molecular weight excluding hydrogens is 246 g/mol. The molecule has 1 unspecified atom stereocenters. The number of hydrogen-bond acceptors (Lipinski definition) is 4. The van der Waals surface area contributed by atoms with Gasteiger partial charge in [-0.3, -0.25) is 0 Å². The van der Waals surface area contributed by atoms with Crippen LogP contribution in [0.1, 0.15) is 24.2 Å². The van der Waals surface area contributed by atoms with Crippen molar-refractivity contribution >= 4 is 5.97 Å². The zero-order chi connectivity index (χ0) is 14.3. The van der Waals surface area contributed by atoms with E-state index in [1.165, 1.54) is 12.1 Å². The first-order valence-electron chi connectivity index (χ1n) is 6.35. The molecule has 0 aliphatic rings. The number of rotatable bonds is 8. The fourth-order valence-electron chi connectivity index (χ4n) is 1.64. The minimum absolute atomic E-state index is 0.0500. The molecule has 0 amide bonds. The lowest BCUT2D eigenvalue weighted by Gasteiger charge is -2.19. The third kappa shape index (κ3) is 5.28. The molecule has 0 fully saturated rings. The van der Waals surface area contributed by atoms with E-state index in [0.717, 1.165) is 0 Å². The molecule has 1 aromatic carbocycles. The normalized spacial score (nSPS) is 12.4. The predicted molar refractivity (Wildman–Crippen MR) is 72.6 cm³/mol. The number of aliphatic hydroxyl groups is 1. The number of carboxylic acid groups (broad SMARTS) is 1. The van der Waals surface area contributed by atoms with Crippen LogP contribution in [-0.4, -0.2) is 42.0 Å². The lowest BCUT2D eigenvalue weighted by atomic mass is 10.1. The predicted octanol–water partition coefficient (Wildman–Crippen LogP) is 1.37. The molecule has 0 aromatic heterocycles. The number of hydrogen-bond donors (Lipinski definition) is 3. The lowest BCUT2D eigenvalue weighted by molar-refractivity contribution is 0.0696. The second-order valence-corrected chi connectivity index (χ2v) is 4.67. The zero-order valence-electron chi connectivity index (χ0n) is 11.3. The van der Waals surface area contributed by atoms with Gasteiger partial charge in [0.2, 0.25) is 0 Å². The highest BCUT2D eigenvalue weighted by Crippen LogP contribution is 2.13. The van der Waals surface area contributed by atoms with E-state index in [2.05, 4.69) is 5.32 Å². The highest BCUT2D eigenvalue weighted by atomic mass is 16.5. The number of aliphatic hydroxyl groups excluding tert-OH is 1. The van der Waals surface area contributed by atoms with Gasteiger partial charge in [0.1, 0.15) is 12.4 Å². The van der Waals surface area contributed by atoms with Crippen molar-refractivity contribution in [3.05, 3.63) is 29.8 Å². The van der Waals surface area contributed by atoms with Gasteiger partial charge in [-0.25, -0.2) is 4.79 Å². The maximum Gasteiger partial charge on any atom is 0.335 e. The van der Waals surface area contributed by atoms with Gasteiger partial charge in [-0.1, -0.05) is 19.9 Å². The van der Waals surface area contributed by atoms with Crippen LogP contribution in [0, 0.1) is 5.92 Å². The quantitative estimate of drug-likeness (QED) is 0.620. The summed E-state index contributed by atoms with van der Waals surface area (Å²) in [5, 5.41) is 21.2. The Morgan fingerprint density at radius 1 is 1.42 bits per heavy atom. The average molecular weight is 267 g/mol. The summed E-state index contributed by atoms with van der Waals surface area (Å²) < 4.78 is 5.46. The maximum absolute atomic E-state index is 10.8. The van der Waals surface area contributed by atoms with Gasteiger partial charge >= 0.3 is 5.97 Å². The highest BCUT2D eigenvalue weighted by molar-refractivity contribution is 5.87. The molecule has 5 heteroatoms. The Bertz CT molecular complexity index is 406. The third-order valence-electron chi connectivity index (χ3n) is 2.86. The standard InChI is InChI=1S/C14H21NO4/c1-10(2)13(9-16)15-6-7-19-12-5-3-4-11(8-12)14(17)18/h3-5,8,10,13,15-16H,6-7,9H2,1-2H3,(H,17,18). The summed E-state index contributed by atoms with van der Waals surface area (Å²) in [4.78, 5) is 10.8. The summed E-state index contributed by atoms with van der Waals surface area (Å²) in [6.45, 7) is 5.18. The SMILES string of the molecule is CC(C)C(CO)NCCOc1cccc(C(=O)O)c1. The van der Waals surface area contributed by atoms with Crippen LogP contribution in [0.4, 0.5) is 0 Å². The Balaban J connectivity index is 2.37. The first-order chi connectivity index (χ1) is 9.04. The summed E-state index contributed by atoms with van der Waals surface area (Å²) in [5.41, 5.74) is 0.209. The van der Waals surface area contributed by atoms with Gasteiger partial charge in [-0.2, -0.15) is 0 Å². The van der Waals surface area contributed by atoms with Crippen molar-refractivity contribution in [2.75, 3.05) is 19.8 Å². The second kappa shape index (κ2) is 7.76. The third-order valence-corrected chi connectivity index (χ3v) is 2.86. The van der Waals surface area contributed by atoms with Crippen molar-refractivity contribution in [1.82, 2.24) is 5.32 Å². The van der Waals surface area contributed by atoms with Crippen LogP contribution in [-0.2, 0) is 0 Å². The van der Waals surface area contributed by atoms with E-state index in [0.29, 0.717) is 24.8 Å². The van der Waals surface area contributed by atoms with Gasteiger partial charge < -0.3 is 20.3 Å². The molecule has 0 bridgehead atoms. The topological polar surface area (TPSA) is 78.8 Å². The maximum atomic E-state index is 10.8. The fourth-order valence-corrected chi connectivity index (χ4v) is 1.64. The van der Waals surface area contributed by atoms with E-state index < -0.39 is 5.97 Å². The Morgan fingerprint density at radius 2 is 2.16 bits per heavy atom. The minimum Gasteiger partial charge on any atom is -0.492 e. The number of benzene rings is 1. The van der Waals surface area contributed by atoms with Crippen molar-refractivity contribution in [3.63, 3.8) is 0 Å². The summed E-state index contributed by atoms with van der Waals surface area (Å²) in [6, 6.07) is 6.44. The van der Waals surface area contributed by atoms with E-state index in [1.54, 1.807) is 12.1 Å². The van der Waals surface area contributed by atoms with E-state index in [-0.39, 0.29) is 18.2 Å². The smallest absolute Gasteiger partial charge is 0.335 e. The van der Waals surface area contributed by atoms with E-state index >= 15 is 0 Å². The molecule has 1 rings (SSSR count). The van der Waals surface area contributed by atoms with E-state index in [9.17, 15) is 4.79 Å². The van der Waals surface area contributed by atoms with Gasteiger partial charge in [0.25, 0.3) is 0 Å². The Labute approximate surface area is 113 Å². The lowest BCUT2D eigenvalue weighted by Crippen LogP contribution is -2.39. The zero-order valence-corrected chi connectivity index (χ0v) is 11.3. The molecule has 0 radical (unpaired) electrons. The monoisotopic (exact) mass is 267 g/mol. The van der Waals surface area contributed by atoms with Crippen molar-refractivity contribution < 1.29 is 19.7 Å². The highest BCUT2D eigenvalue weighted by Gasteiger charge is 2.10. The molecule has 3 N–H and O–H groups in total. The van der Waals surface area contributed by atoms with Crippen LogP contribution in [0.15, 0.2) is 24.3 Å². The van der Waals surface area contributed by atoms with Crippen molar-refractivity contribution in [1.29, 1.82) is 0 Å². The fraction of sp³-hybridized carbons (Fsp3) is 0.500. The molecule has 0 aliphatic carbocycles. The van der Waals surface area contributed by atoms with Gasteiger partial charge in [0.15, 0.2) is 0 Å². The van der Waals surface area contributed by atoms with Gasteiger partial charge in [0, 0.05) is 12.6 Å². The summed E-state index contributed by atoms with van der Waals surface area (Å²) >= 11 is 0. The van der Waals surface area contributed by atoms with Crippen LogP contribution >= 0.6 is 0 Å². The molecule has 1 atom stereocenters. The number of carboxylic acids is 1. The Kier molecular flexibility index (Phi) is 6.32. The first kappa shape index (κ1) is 15.5. The first-order valence-corrected chi connectivity index (χ1v) is 6.35. The van der Waals surface area contributed by atoms with Crippen LogP contribution in [0.5, 0.6) is 5.75 Å². The minimum atomic E-state index is -0.969. The summed E-state index contributed by atoms with van der Waals surface area (Å²) in [6.07, 6.45) is 0. The molecule has 1 aromatic rings.